The summed E-state index contributed by atoms with van der Waals surface area (Å²) in [5.74, 6) is 0.791. The van der Waals surface area contributed by atoms with E-state index in [0.717, 1.165) is 5.39 Å². The Bertz CT molecular complexity index is 1180. The Labute approximate surface area is 162 Å². The highest BCUT2D eigenvalue weighted by Crippen LogP contribution is 2.34. The second-order valence-corrected chi connectivity index (χ2v) is 6.64. The Balaban J connectivity index is 1.54. The number of para-hydroxylation sites is 1. The van der Waals surface area contributed by atoms with Gasteiger partial charge in [0.05, 0.1) is 12.0 Å². The number of fused-ring (bicyclic) bond motifs is 1. The van der Waals surface area contributed by atoms with Gasteiger partial charge in [-0.2, -0.15) is 0 Å². The topological polar surface area (TPSA) is 108 Å². The van der Waals surface area contributed by atoms with Crippen molar-refractivity contribution in [2.75, 3.05) is 12.4 Å². The minimum Gasteiger partial charge on any atom is -0.493 e. The molecular weight excluding hydrogens is 382 g/mol. The number of ether oxygens (including phenoxy) is 1. The van der Waals surface area contributed by atoms with Crippen LogP contribution >= 0.6 is 11.3 Å². The fraction of sp³-hybridized carbons (Fsp3) is 0.0526. The largest absolute Gasteiger partial charge is 0.493 e. The molecule has 0 aliphatic rings. The lowest BCUT2D eigenvalue weighted by molar-refractivity contribution is -0.384. The molecule has 0 saturated carbocycles. The normalized spacial score (nSPS) is 10.8. The number of hydrogen-bond donors (Lipinski definition) is 1. The maximum absolute atomic E-state index is 12.3. The van der Waals surface area contributed by atoms with E-state index in [1.807, 2.05) is 24.3 Å². The Kier molecular flexibility index (Phi) is 4.50. The monoisotopic (exact) mass is 395 g/mol. The molecule has 0 unspecified atom stereocenters. The molecule has 1 amide bonds. The number of nitro groups is 1. The lowest BCUT2D eigenvalue weighted by Gasteiger charge is -2.01. The van der Waals surface area contributed by atoms with Gasteiger partial charge in [-0.25, -0.2) is 4.98 Å². The summed E-state index contributed by atoms with van der Waals surface area (Å²) in [5, 5.41) is 16.4. The summed E-state index contributed by atoms with van der Waals surface area (Å²) in [6, 6.07) is 12.8. The lowest BCUT2D eigenvalue weighted by atomic mass is 10.2. The second kappa shape index (κ2) is 7.12. The number of methoxy groups -OCH3 is 1. The highest BCUT2D eigenvalue weighted by Gasteiger charge is 2.15. The number of anilines is 1. The molecule has 1 N–H and O–H groups in total. The van der Waals surface area contributed by atoms with E-state index in [1.165, 1.54) is 35.6 Å². The third-order valence-electron chi connectivity index (χ3n) is 4.05. The summed E-state index contributed by atoms with van der Waals surface area (Å²) >= 11 is 1.25. The maximum atomic E-state index is 12.3. The molecule has 0 spiro atoms. The molecule has 0 bridgehead atoms. The van der Waals surface area contributed by atoms with E-state index < -0.39 is 10.8 Å². The van der Waals surface area contributed by atoms with Crippen LogP contribution in [0.3, 0.4) is 0 Å². The Morgan fingerprint density at radius 3 is 2.75 bits per heavy atom. The smallest absolute Gasteiger partial charge is 0.269 e. The molecule has 8 nitrogen and oxygen atoms in total. The summed E-state index contributed by atoms with van der Waals surface area (Å²) in [6.07, 6.45) is 0. The van der Waals surface area contributed by atoms with Crippen molar-refractivity contribution in [1.29, 1.82) is 0 Å². The third-order valence-corrected chi connectivity index (χ3v) is 4.80. The molecule has 4 aromatic rings. The van der Waals surface area contributed by atoms with Gasteiger partial charge in [0.1, 0.15) is 5.69 Å². The van der Waals surface area contributed by atoms with Crippen LogP contribution in [-0.2, 0) is 0 Å². The van der Waals surface area contributed by atoms with Crippen molar-refractivity contribution in [3.63, 3.8) is 0 Å². The molecule has 140 valence electrons. The number of carbonyl (C=O) groups excluding carboxylic acids is 1. The van der Waals surface area contributed by atoms with Crippen LogP contribution in [0, 0.1) is 10.1 Å². The minimum absolute atomic E-state index is 0.0756. The van der Waals surface area contributed by atoms with Crippen LogP contribution in [-0.4, -0.2) is 22.9 Å². The number of non-ortho nitro benzene ring substituents is 1. The zero-order valence-corrected chi connectivity index (χ0v) is 15.4. The average molecular weight is 395 g/mol. The van der Waals surface area contributed by atoms with E-state index in [-0.39, 0.29) is 5.69 Å². The number of amides is 1. The fourth-order valence-electron chi connectivity index (χ4n) is 2.67. The predicted molar refractivity (Wildman–Crippen MR) is 105 cm³/mol. The van der Waals surface area contributed by atoms with Gasteiger partial charge in [0, 0.05) is 28.5 Å². The molecule has 9 heteroatoms. The second-order valence-electron chi connectivity index (χ2n) is 5.79. The molecule has 0 radical (unpaired) electrons. The number of benzene rings is 2. The average Bonchev–Trinajstić information content (AvgIpc) is 3.34. The molecule has 0 fully saturated rings. The number of aromatic nitrogens is 1. The van der Waals surface area contributed by atoms with Gasteiger partial charge < -0.3 is 9.15 Å². The molecule has 2 aromatic carbocycles. The van der Waals surface area contributed by atoms with Gasteiger partial charge >= 0.3 is 0 Å². The van der Waals surface area contributed by atoms with Crippen molar-refractivity contribution in [3.05, 3.63) is 69.6 Å². The molecule has 0 saturated heterocycles. The highest BCUT2D eigenvalue weighted by atomic mass is 32.1. The Morgan fingerprint density at radius 2 is 2.04 bits per heavy atom. The van der Waals surface area contributed by atoms with Gasteiger partial charge in [-0.15, -0.1) is 11.3 Å². The van der Waals surface area contributed by atoms with Crippen LogP contribution in [0.2, 0.25) is 0 Å². The van der Waals surface area contributed by atoms with Crippen molar-refractivity contribution >= 4 is 39.0 Å². The SMILES string of the molecule is COc1cccc2cc(-c3csc(NC(=O)c4ccc([N+](=O)[O-])cc4)n3)oc12. The van der Waals surface area contributed by atoms with E-state index in [9.17, 15) is 14.9 Å². The van der Waals surface area contributed by atoms with Crippen molar-refractivity contribution in [1.82, 2.24) is 4.98 Å². The van der Waals surface area contributed by atoms with Gasteiger partial charge in [-0.05, 0) is 24.3 Å². The molecule has 4 rings (SSSR count). The van der Waals surface area contributed by atoms with Crippen LogP contribution in [0.5, 0.6) is 5.75 Å². The zero-order chi connectivity index (χ0) is 19.7. The summed E-state index contributed by atoms with van der Waals surface area (Å²) in [6.45, 7) is 0. The maximum Gasteiger partial charge on any atom is 0.269 e. The van der Waals surface area contributed by atoms with Crippen LogP contribution in [0.15, 0.2) is 58.3 Å². The summed E-state index contributed by atoms with van der Waals surface area (Å²) in [7, 11) is 1.58. The molecule has 2 heterocycles. The Morgan fingerprint density at radius 1 is 1.25 bits per heavy atom. The number of carbonyl (C=O) groups is 1. The number of nitrogens with one attached hydrogen (secondary N) is 1. The van der Waals surface area contributed by atoms with Gasteiger partial charge in [-0.1, -0.05) is 12.1 Å². The fourth-order valence-corrected chi connectivity index (χ4v) is 3.37. The van der Waals surface area contributed by atoms with E-state index in [0.29, 0.717) is 33.5 Å². The van der Waals surface area contributed by atoms with E-state index in [1.54, 1.807) is 12.5 Å². The van der Waals surface area contributed by atoms with Crippen LogP contribution in [0.4, 0.5) is 10.8 Å². The van der Waals surface area contributed by atoms with Gasteiger partial charge in [-0.3, -0.25) is 20.2 Å². The van der Waals surface area contributed by atoms with Crippen LogP contribution in [0.1, 0.15) is 10.4 Å². The first-order valence-electron chi connectivity index (χ1n) is 8.13. The summed E-state index contributed by atoms with van der Waals surface area (Å²) in [5.41, 5.74) is 1.44. The molecule has 28 heavy (non-hydrogen) atoms. The van der Waals surface area contributed by atoms with Crippen LogP contribution < -0.4 is 10.1 Å². The number of nitrogens with zero attached hydrogens (tertiary/aromatic N) is 2. The number of thiazole rings is 1. The highest BCUT2D eigenvalue weighted by molar-refractivity contribution is 7.14. The predicted octanol–water partition coefficient (Wildman–Crippen LogP) is 4.73. The van der Waals surface area contributed by atoms with Gasteiger partial charge in [0.2, 0.25) is 0 Å². The van der Waals surface area contributed by atoms with E-state index in [2.05, 4.69) is 10.3 Å². The quantitative estimate of drug-likeness (QED) is 0.387. The first kappa shape index (κ1) is 17.7. The zero-order valence-electron chi connectivity index (χ0n) is 14.5. The molecular formula is C19H13N3O5S. The number of furan rings is 1. The number of rotatable bonds is 5. The molecule has 0 aliphatic heterocycles. The number of hydrogen-bond acceptors (Lipinski definition) is 7. The van der Waals surface area contributed by atoms with Crippen molar-refractivity contribution in [2.45, 2.75) is 0 Å². The van der Waals surface area contributed by atoms with Gasteiger partial charge in [0.15, 0.2) is 22.2 Å². The van der Waals surface area contributed by atoms with E-state index in [4.69, 9.17) is 9.15 Å². The Hall–Kier alpha value is -3.72. The lowest BCUT2D eigenvalue weighted by Crippen LogP contribution is -2.11. The minimum atomic E-state index is -0.517. The summed E-state index contributed by atoms with van der Waals surface area (Å²) < 4.78 is 11.2. The van der Waals surface area contributed by atoms with Crippen LogP contribution in [0.25, 0.3) is 22.4 Å². The first-order valence-corrected chi connectivity index (χ1v) is 9.01. The first-order chi connectivity index (χ1) is 13.5. The molecule has 0 atom stereocenters. The van der Waals surface area contributed by atoms with E-state index >= 15 is 0 Å². The van der Waals surface area contributed by atoms with Gasteiger partial charge in [0.25, 0.3) is 11.6 Å². The third kappa shape index (κ3) is 3.30. The van der Waals surface area contributed by atoms with Crippen molar-refractivity contribution in [3.8, 4) is 17.2 Å². The number of nitro benzene ring substituents is 1. The van der Waals surface area contributed by atoms with Crippen molar-refractivity contribution in [2.24, 2.45) is 0 Å². The molecule has 2 aromatic heterocycles. The summed E-state index contributed by atoms with van der Waals surface area (Å²) in [4.78, 5) is 26.9. The standard InChI is InChI=1S/C19H13N3O5S/c1-26-15-4-2-3-12-9-16(27-17(12)15)14-10-28-19(20-14)21-18(23)11-5-7-13(8-6-11)22(24)25/h2-10H,1H3,(H,20,21,23). The van der Waals surface area contributed by atoms with Crippen molar-refractivity contribution < 1.29 is 18.9 Å². The molecule has 0 aliphatic carbocycles.